The zero-order chi connectivity index (χ0) is 9.19. The van der Waals surface area contributed by atoms with Crippen LogP contribution in [0.4, 0.5) is 13.9 Å². The summed E-state index contributed by atoms with van der Waals surface area (Å²) in [6.45, 7) is 3.22. The first-order valence-corrected chi connectivity index (χ1v) is 3.96. The normalized spacial score (nSPS) is 11.5. The van der Waals surface area contributed by atoms with Gasteiger partial charge in [-0.2, -0.15) is 8.78 Å². The number of hydrogen-bond acceptors (Lipinski definition) is 4. The molecule has 0 aromatic carbocycles. The van der Waals surface area contributed by atoms with Gasteiger partial charge in [0.15, 0.2) is 5.01 Å². The summed E-state index contributed by atoms with van der Waals surface area (Å²) < 4.78 is 25.9. The monoisotopic (exact) mass is 191 g/mol. The Bertz CT molecular complexity index is 284. The molecule has 0 saturated carbocycles. The Balaban J connectivity index is 2.88. The van der Waals surface area contributed by atoms with Crippen molar-refractivity contribution < 1.29 is 8.78 Å². The van der Waals surface area contributed by atoms with Gasteiger partial charge >= 0.3 is 5.92 Å². The summed E-state index contributed by atoms with van der Waals surface area (Å²) in [5.41, 5.74) is 5.16. The van der Waals surface area contributed by atoms with Crippen molar-refractivity contribution in [1.29, 1.82) is 0 Å². The molecular weight excluding hydrogens is 184 g/mol. The van der Waals surface area contributed by atoms with Crippen molar-refractivity contribution in [3.8, 4) is 0 Å². The molecule has 1 heterocycles. The molecule has 1 aromatic heterocycles. The van der Waals surface area contributed by atoms with Crippen molar-refractivity contribution in [3.05, 3.63) is 17.7 Å². The van der Waals surface area contributed by atoms with Crippen molar-refractivity contribution in [1.82, 2.24) is 10.2 Å². The third kappa shape index (κ3) is 1.76. The Morgan fingerprint density at radius 3 is 2.67 bits per heavy atom. The van der Waals surface area contributed by atoms with Crippen molar-refractivity contribution >= 4 is 16.5 Å². The van der Waals surface area contributed by atoms with E-state index in [1.807, 2.05) is 0 Å². The summed E-state index contributed by atoms with van der Waals surface area (Å²) in [6.07, 6.45) is 0.694. The zero-order valence-electron chi connectivity index (χ0n) is 6.13. The number of aromatic nitrogens is 2. The molecule has 6 heteroatoms. The third-order valence-corrected chi connectivity index (χ3v) is 2.02. The third-order valence-electron chi connectivity index (χ3n) is 1.15. The van der Waals surface area contributed by atoms with Crippen LogP contribution in [-0.4, -0.2) is 10.2 Å². The topological polar surface area (TPSA) is 51.8 Å². The molecule has 0 amide bonds. The van der Waals surface area contributed by atoms with E-state index in [2.05, 4.69) is 16.8 Å². The zero-order valence-corrected chi connectivity index (χ0v) is 6.94. The second-order valence-electron chi connectivity index (χ2n) is 2.14. The number of nitrogens with two attached hydrogens (primary N) is 1. The van der Waals surface area contributed by atoms with E-state index in [1.165, 1.54) is 0 Å². The van der Waals surface area contributed by atoms with E-state index in [0.717, 1.165) is 6.08 Å². The average Bonchev–Trinajstić information content (AvgIpc) is 2.36. The van der Waals surface area contributed by atoms with E-state index < -0.39 is 12.3 Å². The minimum absolute atomic E-state index is 0.0498. The highest BCUT2D eigenvalue weighted by Crippen LogP contribution is 2.34. The van der Waals surface area contributed by atoms with Crippen LogP contribution in [0.2, 0.25) is 0 Å². The number of alkyl halides is 2. The van der Waals surface area contributed by atoms with E-state index in [4.69, 9.17) is 5.73 Å². The molecule has 3 nitrogen and oxygen atoms in total. The minimum atomic E-state index is -2.99. The molecule has 2 N–H and O–H groups in total. The van der Waals surface area contributed by atoms with Gasteiger partial charge in [0.05, 0.1) is 0 Å². The first-order chi connectivity index (χ1) is 5.56. The lowest BCUT2D eigenvalue weighted by Crippen LogP contribution is -2.11. The molecule has 0 aliphatic rings. The van der Waals surface area contributed by atoms with Crippen molar-refractivity contribution in [2.45, 2.75) is 12.3 Å². The molecule has 0 saturated heterocycles. The highest BCUT2D eigenvalue weighted by molar-refractivity contribution is 7.15. The maximum absolute atomic E-state index is 13.0. The highest BCUT2D eigenvalue weighted by atomic mass is 32.1. The second-order valence-corrected chi connectivity index (χ2v) is 3.15. The maximum atomic E-state index is 13.0. The van der Waals surface area contributed by atoms with Gasteiger partial charge in [0, 0.05) is 6.42 Å². The van der Waals surface area contributed by atoms with E-state index in [0.29, 0.717) is 11.3 Å². The highest BCUT2D eigenvalue weighted by Gasteiger charge is 2.34. The number of allylic oxidation sites excluding steroid dienone is 1. The van der Waals surface area contributed by atoms with Gasteiger partial charge in [-0.25, -0.2) is 0 Å². The number of nitrogens with zero attached hydrogens (tertiary/aromatic N) is 2. The van der Waals surface area contributed by atoms with Crippen molar-refractivity contribution in [2.24, 2.45) is 0 Å². The maximum Gasteiger partial charge on any atom is 0.304 e. The Labute approximate surface area is 71.9 Å². The summed E-state index contributed by atoms with van der Waals surface area (Å²) in [5.74, 6) is -2.99. The summed E-state index contributed by atoms with van der Waals surface area (Å²) in [6, 6.07) is 0. The molecule has 66 valence electrons. The molecule has 1 aromatic rings. The van der Waals surface area contributed by atoms with Crippen molar-refractivity contribution in [2.75, 3.05) is 5.73 Å². The lowest BCUT2D eigenvalue weighted by atomic mass is 10.2. The standard InChI is InChI=1S/C6H7F2N3S/c1-2-3-6(7,8)4-10-11-5(9)12-4/h2H,1,3H2,(H2,9,11). The molecule has 1 rings (SSSR count). The van der Waals surface area contributed by atoms with Gasteiger partial charge in [-0.3, -0.25) is 0 Å². The summed E-state index contributed by atoms with van der Waals surface area (Å²) >= 11 is 0.692. The summed E-state index contributed by atoms with van der Waals surface area (Å²) in [5, 5.41) is 6.24. The van der Waals surface area contributed by atoms with Gasteiger partial charge in [-0.15, -0.1) is 16.8 Å². The van der Waals surface area contributed by atoms with Crippen LogP contribution < -0.4 is 5.73 Å². The predicted octanol–water partition coefficient (Wildman–Crippen LogP) is 1.79. The first-order valence-electron chi connectivity index (χ1n) is 3.14. The molecule has 0 spiro atoms. The molecule has 0 fully saturated rings. The second kappa shape index (κ2) is 3.14. The molecule has 0 unspecified atom stereocenters. The van der Waals surface area contributed by atoms with E-state index in [-0.39, 0.29) is 10.1 Å². The van der Waals surface area contributed by atoms with E-state index >= 15 is 0 Å². The van der Waals surface area contributed by atoms with Crippen LogP contribution in [-0.2, 0) is 5.92 Å². The molecular formula is C6H7F2N3S. The van der Waals surface area contributed by atoms with Crippen LogP contribution in [0.3, 0.4) is 0 Å². The lowest BCUT2D eigenvalue weighted by Gasteiger charge is -2.08. The van der Waals surface area contributed by atoms with Crippen LogP contribution in [0.15, 0.2) is 12.7 Å². The number of halogens is 2. The fraction of sp³-hybridized carbons (Fsp3) is 0.333. The van der Waals surface area contributed by atoms with Gasteiger partial charge in [0.1, 0.15) is 0 Å². The fourth-order valence-corrected chi connectivity index (χ4v) is 1.25. The number of anilines is 1. The Hall–Kier alpha value is -1.04. The Morgan fingerprint density at radius 2 is 2.25 bits per heavy atom. The van der Waals surface area contributed by atoms with Crippen LogP contribution >= 0.6 is 11.3 Å². The summed E-state index contributed by atoms with van der Waals surface area (Å²) in [4.78, 5) is 0. The lowest BCUT2D eigenvalue weighted by molar-refractivity contribution is -0.00169. The number of hydrogen-bond donors (Lipinski definition) is 1. The van der Waals surface area contributed by atoms with Crippen LogP contribution in [0.1, 0.15) is 11.4 Å². The van der Waals surface area contributed by atoms with Gasteiger partial charge in [-0.05, 0) is 0 Å². The fourth-order valence-electron chi connectivity index (χ4n) is 0.651. The molecule has 0 bridgehead atoms. The molecule has 0 atom stereocenters. The average molecular weight is 191 g/mol. The number of nitrogen functional groups attached to an aromatic ring is 1. The van der Waals surface area contributed by atoms with Crippen LogP contribution in [0, 0.1) is 0 Å². The van der Waals surface area contributed by atoms with Gasteiger partial charge in [0.25, 0.3) is 0 Å². The smallest absolute Gasteiger partial charge is 0.304 e. The molecule has 0 aliphatic carbocycles. The molecule has 0 radical (unpaired) electrons. The SMILES string of the molecule is C=CCC(F)(F)c1nnc(N)s1. The quantitative estimate of drug-likeness (QED) is 0.741. The largest absolute Gasteiger partial charge is 0.374 e. The Kier molecular flexibility index (Phi) is 2.37. The van der Waals surface area contributed by atoms with Crippen molar-refractivity contribution in [3.63, 3.8) is 0 Å². The van der Waals surface area contributed by atoms with Gasteiger partial charge in [-0.1, -0.05) is 17.4 Å². The van der Waals surface area contributed by atoms with Crippen LogP contribution in [0.25, 0.3) is 0 Å². The molecule has 12 heavy (non-hydrogen) atoms. The van der Waals surface area contributed by atoms with Gasteiger partial charge < -0.3 is 5.73 Å². The van der Waals surface area contributed by atoms with Crippen LogP contribution in [0.5, 0.6) is 0 Å². The minimum Gasteiger partial charge on any atom is -0.374 e. The summed E-state index contributed by atoms with van der Waals surface area (Å²) in [7, 11) is 0. The van der Waals surface area contributed by atoms with Gasteiger partial charge in [0.2, 0.25) is 5.13 Å². The van der Waals surface area contributed by atoms with E-state index in [9.17, 15) is 8.78 Å². The predicted molar refractivity (Wildman–Crippen MR) is 43.0 cm³/mol. The Morgan fingerprint density at radius 1 is 1.58 bits per heavy atom. The molecule has 0 aliphatic heterocycles. The number of rotatable bonds is 3. The van der Waals surface area contributed by atoms with E-state index in [1.54, 1.807) is 0 Å². The first kappa shape index (κ1) is 9.05.